The van der Waals surface area contributed by atoms with Gasteiger partial charge in [0.15, 0.2) is 5.78 Å². The van der Waals surface area contributed by atoms with Crippen LogP contribution in [0.5, 0.6) is 0 Å². The SMILES string of the molecule is O=C(O)C(=O)CC(=O)c1sccc1Cc1cccc(Cl)c1. The van der Waals surface area contributed by atoms with Gasteiger partial charge >= 0.3 is 5.97 Å². The third kappa shape index (κ3) is 4.00. The van der Waals surface area contributed by atoms with Crippen LogP contribution in [0.4, 0.5) is 0 Å². The van der Waals surface area contributed by atoms with Crippen molar-refractivity contribution in [1.82, 2.24) is 0 Å². The second kappa shape index (κ2) is 6.65. The van der Waals surface area contributed by atoms with Gasteiger partial charge in [0.05, 0.1) is 11.3 Å². The molecule has 0 amide bonds. The van der Waals surface area contributed by atoms with Gasteiger partial charge in [0.2, 0.25) is 5.78 Å². The molecule has 0 aliphatic heterocycles. The molecule has 1 aromatic heterocycles. The van der Waals surface area contributed by atoms with Crippen molar-refractivity contribution in [1.29, 1.82) is 0 Å². The topological polar surface area (TPSA) is 71.4 Å². The molecular formula is C15H11ClO4S. The van der Waals surface area contributed by atoms with Gasteiger partial charge in [0.1, 0.15) is 0 Å². The third-order valence-corrected chi connectivity index (χ3v) is 4.08. The highest BCUT2D eigenvalue weighted by atomic mass is 35.5. The van der Waals surface area contributed by atoms with Crippen LogP contribution in [0.3, 0.4) is 0 Å². The van der Waals surface area contributed by atoms with E-state index in [1.165, 1.54) is 11.3 Å². The Bertz CT molecular complexity index is 705. The maximum absolute atomic E-state index is 12.0. The molecule has 108 valence electrons. The van der Waals surface area contributed by atoms with E-state index in [4.69, 9.17) is 16.7 Å². The van der Waals surface area contributed by atoms with Gasteiger partial charge < -0.3 is 5.11 Å². The molecule has 1 aromatic carbocycles. The number of Topliss-reactive ketones (excluding diaryl/α,β-unsaturated/α-hetero) is 2. The van der Waals surface area contributed by atoms with E-state index >= 15 is 0 Å². The fourth-order valence-electron chi connectivity index (χ4n) is 1.89. The smallest absolute Gasteiger partial charge is 0.372 e. The highest BCUT2D eigenvalue weighted by molar-refractivity contribution is 7.12. The zero-order valence-electron chi connectivity index (χ0n) is 10.8. The summed E-state index contributed by atoms with van der Waals surface area (Å²) in [7, 11) is 0. The van der Waals surface area contributed by atoms with E-state index in [1.54, 1.807) is 23.6 Å². The van der Waals surface area contributed by atoms with Crippen LogP contribution in [-0.4, -0.2) is 22.6 Å². The Morgan fingerprint density at radius 2 is 1.95 bits per heavy atom. The van der Waals surface area contributed by atoms with Crippen LogP contribution < -0.4 is 0 Å². The first-order chi connectivity index (χ1) is 9.97. The van der Waals surface area contributed by atoms with Gasteiger partial charge in [-0.25, -0.2) is 4.79 Å². The standard InChI is InChI=1S/C15H11ClO4S/c16-11-3-1-2-9(7-11)6-10-4-5-21-14(10)12(17)8-13(18)15(19)20/h1-5,7H,6,8H2,(H,19,20). The molecule has 1 N–H and O–H groups in total. The van der Waals surface area contributed by atoms with Crippen molar-refractivity contribution in [2.75, 3.05) is 0 Å². The van der Waals surface area contributed by atoms with Crippen molar-refractivity contribution < 1.29 is 19.5 Å². The van der Waals surface area contributed by atoms with E-state index in [0.717, 1.165) is 11.1 Å². The molecular weight excluding hydrogens is 312 g/mol. The Labute approximate surface area is 130 Å². The van der Waals surface area contributed by atoms with Crippen LogP contribution in [0, 0.1) is 0 Å². The van der Waals surface area contributed by atoms with E-state index in [9.17, 15) is 14.4 Å². The molecule has 4 nitrogen and oxygen atoms in total. The van der Waals surface area contributed by atoms with E-state index in [2.05, 4.69) is 0 Å². The largest absolute Gasteiger partial charge is 0.475 e. The Hall–Kier alpha value is -1.98. The molecule has 21 heavy (non-hydrogen) atoms. The quantitative estimate of drug-likeness (QED) is 0.503. The monoisotopic (exact) mass is 322 g/mol. The molecule has 0 fully saturated rings. The fraction of sp³-hybridized carbons (Fsp3) is 0.133. The average Bonchev–Trinajstić information content (AvgIpc) is 2.86. The fourth-order valence-corrected chi connectivity index (χ4v) is 2.96. The molecule has 0 bridgehead atoms. The molecule has 0 aliphatic carbocycles. The number of carbonyl (C=O) groups is 3. The summed E-state index contributed by atoms with van der Waals surface area (Å²) in [6.45, 7) is 0. The van der Waals surface area contributed by atoms with Crippen LogP contribution in [0.25, 0.3) is 0 Å². The molecule has 6 heteroatoms. The van der Waals surface area contributed by atoms with Crippen LogP contribution in [0.1, 0.15) is 27.2 Å². The molecule has 0 saturated heterocycles. The number of ketones is 2. The summed E-state index contributed by atoms with van der Waals surface area (Å²) in [5.74, 6) is -3.15. The zero-order valence-corrected chi connectivity index (χ0v) is 12.4. The number of hydrogen-bond donors (Lipinski definition) is 1. The van der Waals surface area contributed by atoms with Crippen molar-refractivity contribution in [2.24, 2.45) is 0 Å². The Balaban J connectivity index is 2.17. The van der Waals surface area contributed by atoms with E-state index in [-0.39, 0.29) is 0 Å². The number of halogens is 1. The first-order valence-electron chi connectivity index (χ1n) is 6.07. The van der Waals surface area contributed by atoms with Crippen molar-refractivity contribution in [3.63, 3.8) is 0 Å². The number of benzene rings is 1. The average molecular weight is 323 g/mol. The number of rotatable bonds is 6. The molecule has 0 aliphatic rings. The highest BCUT2D eigenvalue weighted by Crippen LogP contribution is 2.23. The molecule has 0 saturated carbocycles. The Kier molecular flexibility index (Phi) is 4.88. The summed E-state index contributed by atoms with van der Waals surface area (Å²) in [6, 6.07) is 9.07. The molecule has 1 heterocycles. The van der Waals surface area contributed by atoms with Crippen LogP contribution in [0.2, 0.25) is 5.02 Å². The van der Waals surface area contributed by atoms with Crippen molar-refractivity contribution in [2.45, 2.75) is 12.8 Å². The summed E-state index contributed by atoms with van der Waals surface area (Å²) in [4.78, 5) is 34.1. The van der Waals surface area contributed by atoms with Gasteiger partial charge in [-0.05, 0) is 41.1 Å². The molecule has 0 spiro atoms. The van der Waals surface area contributed by atoms with Crippen molar-refractivity contribution in [3.05, 3.63) is 56.7 Å². The second-order valence-corrected chi connectivity index (χ2v) is 5.76. The molecule has 2 aromatic rings. The van der Waals surface area contributed by atoms with Gasteiger partial charge in [-0.15, -0.1) is 11.3 Å². The highest BCUT2D eigenvalue weighted by Gasteiger charge is 2.20. The maximum atomic E-state index is 12.0. The number of carboxylic acids is 1. The zero-order chi connectivity index (χ0) is 15.4. The third-order valence-electron chi connectivity index (χ3n) is 2.84. The number of hydrogen-bond acceptors (Lipinski definition) is 4. The van der Waals surface area contributed by atoms with Gasteiger partial charge in [-0.2, -0.15) is 0 Å². The summed E-state index contributed by atoms with van der Waals surface area (Å²) < 4.78 is 0. The van der Waals surface area contributed by atoms with Crippen LogP contribution in [-0.2, 0) is 16.0 Å². The number of carboxylic acid groups (broad SMARTS) is 1. The number of carbonyl (C=O) groups excluding carboxylic acids is 2. The van der Waals surface area contributed by atoms with Crippen molar-refractivity contribution in [3.8, 4) is 0 Å². The van der Waals surface area contributed by atoms with E-state index < -0.39 is 24.0 Å². The van der Waals surface area contributed by atoms with Crippen molar-refractivity contribution >= 4 is 40.5 Å². The minimum Gasteiger partial charge on any atom is -0.475 e. The van der Waals surface area contributed by atoms with E-state index in [1.807, 2.05) is 12.1 Å². The van der Waals surface area contributed by atoms with Crippen LogP contribution in [0.15, 0.2) is 35.7 Å². The minimum absolute atomic E-state index is 0.421. The Morgan fingerprint density at radius 3 is 2.62 bits per heavy atom. The maximum Gasteiger partial charge on any atom is 0.372 e. The Morgan fingerprint density at radius 1 is 1.19 bits per heavy atom. The van der Waals surface area contributed by atoms with E-state index in [0.29, 0.717) is 16.3 Å². The normalized spacial score (nSPS) is 10.3. The van der Waals surface area contributed by atoms with Gasteiger partial charge in [0.25, 0.3) is 0 Å². The lowest BCUT2D eigenvalue weighted by Crippen LogP contribution is -2.17. The predicted molar refractivity (Wildman–Crippen MR) is 80.2 cm³/mol. The van der Waals surface area contributed by atoms with Gasteiger partial charge in [-0.1, -0.05) is 23.7 Å². The first kappa shape index (κ1) is 15.4. The number of thiophene rings is 1. The molecule has 0 radical (unpaired) electrons. The van der Waals surface area contributed by atoms with Gasteiger partial charge in [0, 0.05) is 5.02 Å². The second-order valence-electron chi connectivity index (χ2n) is 4.41. The lowest BCUT2D eigenvalue weighted by atomic mass is 10.0. The summed E-state index contributed by atoms with van der Waals surface area (Å²) >= 11 is 7.12. The first-order valence-corrected chi connectivity index (χ1v) is 7.33. The van der Waals surface area contributed by atoms with Gasteiger partial charge in [-0.3, -0.25) is 9.59 Å². The summed E-state index contributed by atoms with van der Waals surface area (Å²) in [6.07, 6.45) is -0.106. The molecule has 0 atom stereocenters. The number of aliphatic carboxylic acids is 1. The summed E-state index contributed by atoms with van der Waals surface area (Å²) in [5.41, 5.74) is 1.71. The minimum atomic E-state index is -1.59. The molecule has 0 unspecified atom stereocenters. The van der Waals surface area contributed by atoms with Crippen LogP contribution >= 0.6 is 22.9 Å². The predicted octanol–water partition coefficient (Wildman–Crippen LogP) is 3.22. The molecule has 2 rings (SSSR count). The lowest BCUT2D eigenvalue weighted by molar-refractivity contribution is -0.148. The lowest BCUT2D eigenvalue weighted by Gasteiger charge is -2.03. The summed E-state index contributed by atoms with van der Waals surface area (Å²) in [5, 5.41) is 10.9.